The summed E-state index contributed by atoms with van der Waals surface area (Å²) in [4.78, 5) is 27.2. The number of aryl methyl sites for hydroxylation is 1. The lowest BCUT2D eigenvalue weighted by molar-refractivity contribution is -0.132. The molecular weight excluding hydrogens is 436 g/mol. The van der Waals surface area contributed by atoms with Gasteiger partial charge in [-0.15, -0.1) is 0 Å². The van der Waals surface area contributed by atoms with Crippen LogP contribution in [-0.2, 0) is 9.59 Å². The lowest BCUT2D eigenvalue weighted by atomic mass is 9.95. The van der Waals surface area contributed by atoms with Crippen molar-refractivity contribution in [2.45, 2.75) is 19.9 Å². The topological polar surface area (TPSA) is 113 Å². The predicted molar refractivity (Wildman–Crippen MR) is 117 cm³/mol. The number of aromatic hydroxyl groups is 1. The molecule has 1 aliphatic rings. The molecule has 0 bridgehead atoms. The highest BCUT2D eigenvalue weighted by molar-refractivity contribution is 6.51. The Labute approximate surface area is 188 Å². The van der Waals surface area contributed by atoms with Crippen molar-refractivity contribution in [3.8, 4) is 11.5 Å². The monoisotopic (exact) mass is 454 g/mol. The van der Waals surface area contributed by atoms with E-state index in [4.69, 9.17) is 20.9 Å². The van der Waals surface area contributed by atoms with Crippen LogP contribution in [-0.4, -0.2) is 33.7 Å². The van der Waals surface area contributed by atoms with Gasteiger partial charge in [-0.25, -0.2) is 0 Å². The largest absolute Gasteiger partial charge is 0.507 e. The molecule has 0 unspecified atom stereocenters. The Balaban J connectivity index is 1.94. The van der Waals surface area contributed by atoms with E-state index in [2.05, 4.69) is 5.16 Å². The maximum atomic E-state index is 13.1. The Morgan fingerprint density at radius 2 is 1.91 bits per heavy atom. The number of hydrogen-bond acceptors (Lipinski definition) is 7. The van der Waals surface area contributed by atoms with Crippen LogP contribution in [0.4, 0.5) is 5.82 Å². The first-order valence-corrected chi connectivity index (χ1v) is 10.2. The standard InChI is InChI=1S/C23H19ClN2O6/c1-3-31-17-11-14(6-9-16(17)27)20-19(21(28)13-4-7-15(24)8-5-13)22(29)23(30)26(20)18-10-12(2)32-25-18/h4-11,20,27-28H,3H2,1-2H3/t20-/m0/s1. The third kappa shape index (κ3) is 3.69. The van der Waals surface area contributed by atoms with Gasteiger partial charge in [0.15, 0.2) is 17.3 Å². The van der Waals surface area contributed by atoms with E-state index in [0.29, 0.717) is 28.5 Å². The Morgan fingerprint density at radius 3 is 2.53 bits per heavy atom. The van der Waals surface area contributed by atoms with Crippen LogP contribution in [0.25, 0.3) is 5.76 Å². The molecule has 1 aromatic heterocycles. The van der Waals surface area contributed by atoms with Gasteiger partial charge in [0.05, 0.1) is 18.2 Å². The zero-order valence-electron chi connectivity index (χ0n) is 17.2. The van der Waals surface area contributed by atoms with Crippen molar-refractivity contribution < 1.29 is 29.1 Å². The Morgan fingerprint density at radius 1 is 1.19 bits per heavy atom. The van der Waals surface area contributed by atoms with Crippen molar-refractivity contribution in [3.05, 3.63) is 76.0 Å². The number of nitrogens with zero attached hydrogens (tertiary/aromatic N) is 2. The smallest absolute Gasteiger partial charge is 0.301 e. The normalized spacial score (nSPS) is 17.7. The molecule has 9 heteroatoms. The molecule has 1 saturated heterocycles. The van der Waals surface area contributed by atoms with Crippen LogP contribution in [0.15, 0.2) is 58.6 Å². The second-order valence-corrected chi connectivity index (χ2v) is 7.57. The van der Waals surface area contributed by atoms with Gasteiger partial charge in [-0.3, -0.25) is 14.5 Å². The fourth-order valence-electron chi connectivity index (χ4n) is 3.59. The summed E-state index contributed by atoms with van der Waals surface area (Å²) in [5.41, 5.74) is 0.616. The molecule has 1 aliphatic heterocycles. The molecule has 8 nitrogen and oxygen atoms in total. The molecule has 0 radical (unpaired) electrons. The second kappa shape index (κ2) is 8.39. The number of ketones is 1. The summed E-state index contributed by atoms with van der Waals surface area (Å²) in [6.07, 6.45) is 0. The zero-order chi connectivity index (χ0) is 23.0. The molecule has 164 valence electrons. The Hall–Kier alpha value is -3.78. The van der Waals surface area contributed by atoms with Crippen LogP contribution in [0, 0.1) is 6.92 Å². The van der Waals surface area contributed by atoms with Crippen LogP contribution in [0.3, 0.4) is 0 Å². The van der Waals surface area contributed by atoms with Crippen molar-refractivity contribution in [1.29, 1.82) is 0 Å². The van der Waals surface area contributed by atoms with E-state index in [1.54, 1.807) is 44.2 Å². The number of rotatable bonds is 5. The van der Waals surface area contributed by atoms with Crippen LogP contribution < -0.4 is 9.64 Å². The number of amides is 1. The number of aliphatic hydroxyl groups excluding tert-OH is 1. The van der Waals surface area contributed by atoms with E-state index in [1.165, 1.54) is 18.2 Å². The zero-order valence-corrected chi connectivity index (χ0v) is 18.0. The predicted octanol–water partition coefficient (Wildman–Crippen LogP) is 4.37. The van der Waals surface area contributed by atoms with E-state index < -0.39 is 17.7 Å². The van der Waals surface area contributed by atoms with Gasteiger partial charge in [0.2, 0.25) is 0 Å². The summed E-state index contributed by atoms with van der Waals surface area (Å²) in [5, 5.41) is 25.5. The van der Waals surface area contributed by atoms with Crippen molar-refractivity contribution in [2.75, 3.05) is 11.5 Å². The van der Waals surface area contributed by atoms with Gasteiger partial charge in [-0.1, -0.05) is 22.8 Å². The number of Topliss-reactive ketones (excluding diaryl/α,β-unsaturated/α-hetero) is 1. The molecule has 32 heavy (non-hydrogen) atoms. The molecule has 2 heterocycles. The lowest BCUT2D eigenvalue weighted by Crippen LogP contribution is -2.29. The third-order valence-electron chi connectivity index (χ3n) is 5.02. The average molecular weight is 455 g/mol. The summed E-state index contributed by atoms with van der Waals surface area (Å²) in [7, 11) is 0. The molecule has 0 aliphatic carbocycles. The van der Waals surface area contributed by atoms with Crippen molar-refractivity contribution in [3.63, 3.8) is 0 Å². The van der Waals surface area contributed by atoms with Gasteiger partial charge >= 0.3 is 5.91 Å². The van der Waals surface area contributed by atoms with Crippen molar-refractivity contribution in [1.82, 2.24) is 5.16 Å². The highest BCUT2D eigenvalue weighted by Gasteiger charge is 2.48. The van der Waals surface area contributed by atoms with Gasteiger partial charge < -0.3 is 19.5 Å². The van der Waals surface area contributed by atoms with Crippen molar-refractivity contribution in [2.24, 2.45) is 0 Å². The molecule has 1 fully saturated rings. The molecule has 0 spiro atoms. The minimum absolute atomic E-state index is 0.0949. The molecular formula is C23H19ClN2O6. The maximum absolute atomic E-state index is 13.1. The van der Waals surface area contributed by atoms with E-state index >= 15 is 0 Å². The minimum atomic E-state index is -1.03. The highest BCUT2D eigenvalue weighted by atomic mass is 35.5. The maximum Gasteiger partial charge on any atom is 0.301 e. The van der Waals surface area contributed by atoms with E-state index in [-0.39, 0.29) is 28.6 Å². The van der Waals surface area contributed by atoms with Gasteiger partial charge in [0.25, 0.3) is 5.78 Å². The third-order valence-corrected chi connectivity index (χ3v) is 5.28. The summed E-state index contributed by atoms with van der Waals surface area (Å²) in [6.45, 7) is 3.71. The lowest BCUT2D eigenvalue weighted by Gasteiger charge is -2.23. The average Bonchev–Trinajstić information content (AvgIpc) is 3.31. The van der Waals surface area contributed by atoms with E-state index in [0.717, 1.165) is 4.90 Å². The number of anilines is 1. The Kier molecular flexibility index (Phi) is 5.63. The number of carbonyl (C=O) groups excluding carboxylic acids is 2. The first-order valence-electron chi connectivity index (χ1n) is 9.77. The number of halogens is 1. The van der Waals surface area contributed by atoms with Gasteiger partial charge in [-0.05, 0) is 55.8 Å². The van der Waals surface area contributed by atoms with Crippen molar-refractivity contribution >= 4 is 34.9 Å². The van der Waals surface area contributed by atoms with Gasteiger partial charge in [0.1, 0.15) is 11.5 Å². The van der Waals surface area contributed by atoms with E-state index in [9.17, 15) is 19.8 Å². The van der Waals surface area contributed by atoms with Crippen LogP contribution >= 0.6 is 11.6 Å². The number of benzene rings is 2. The van der Waals surface area contributed by atoms with E-state index in [1.807, 2.05) is 0 Å². The number of hydrogen-bond donors (Lipinski definition) is 2. The Bertz CT molecular complexity index is 1230. The number of aliphatic hydroxyl groups is 1. The van der Waals surface area contributed by atoms with Crippen LogP contribution in [0.5, 0.6) is 11.5 Å². The summed E-state index contributed by atoms with van der Waals surface area (Å²) in [6, 6.07) is 11.2. The quantitative estimate of drug-likeness (QED) is 0.334. The summed E-state index contributed by atoms with van der Waals surface area (Å²) in [5.74, 6) is -1.46. The molecule has 2 aromatic carbocycles. The number of carbonyl (C=O) groups is 2. The second-order valence-electron chi connectivity index (χ2n) is 7.13. The number of phenols is 1. The molecule has 2 N–H and O–H groups in total. The van der Waals surface area contributed by atoms with Gasteiger partial charge in [0, 0.05) is 16.7 Å². The molecule has 4 rings (SSSR count). The summed E-state index contributed by atoms with van der Waals surface area (Å²) >= 11 is 5.94. The first-order chi connectivity index (χ1) is 15.3. The fraction of sp³-hybridized carbons (Fsp3) is 0.174. The van der Waals surface area contributed by atoms with Gasteiger partial charge in [-0.2, -0.15) is 0 Å². The summed E-state index contributed by atoms with van der Waals surface area (Å²) < 4.78 is 10.6. The fourth-order valence-corrected chi connectivity index (χ4v) is 3.71. The van der Waals surface area contributed by atoms with Crippen LogP contribution in [0.1, 0.15) is 29.9 Å². The minimum Gasteiger partial charge on any atom is -0.507 e. The molecule has 0 saturated carbocycles. The number of ether oxygens (including phenoxy) is 1. The first kappa shape index (κ1) is 21.5. The SMILES string of the molecule is CCOc1cc([C@H]2C(=C(O)c3ccc(Cl)cc3)C(=O)C(=O)N2c2cc(C)on2)ccc1O. The molecule has 1 amide bonds. The number of aromatic nitrogens is 1. The van der Waals surface area contributed by atoms with Crippen LogP contribution in [0.2, 0.25) is 5.02 Å². The number of phenolic OH excluding ortho intramolecular Hbond substituents is 1. The molecule has 1 atom stereocenters. The highest BCUT2D eigenvalue weighted by Crippen LogP contribution is 2.43. The molecule has 3 aromatic rings.